The lowest BCUT2D eigenvalue weighted by Gasteiger charge is -2.32. The number of sulfonamides is 1. The number of nitrogens with zero attached hydrogens (tertiary/aromatic N) is 2. The first-order valence-electron chi connectivity index (χ1n) is 12.1. The highest BCUT2D eigenvalue weighted by atomic mass is 35.5. The molecule has 3 aromatic rings. The molecule has 2 amide bonds. The minimum absolute atomic E-state index is 0.0548. The maximum atomic E-state index is 13.7. The van der Waals surface area contributed by atoms with E-state index in [0.29, 0.717) is 17.1 Å². The molecule has 0 fully saturated rings. The third-order valence-corrected chi connectivity index (χ3v) is 7.85. The lowest BCUT2D eigenvalue weighted by Crippen LogP contribution is -2.53. The van der Waals surface area contributed by atoms with Gasteiger partial charge in [0.2, 0.25) is 11.8 Å². The van der Waals surface area contributed by atoms with Crippen LogP contribution in [0.2, 0.25) is 5.02 Å². The minimum atomic E-state index is -4.09. The largest absolute Gasteiger partial charge is 0.352 e. The monoisotopic (exact) mass is 541 g/mol. The molecule has 0 aliphatic heterocycles. The van der Waals surface area contributed by atoms with Crippen molar-refractivity contribution in [2.45, 2.75) is 44.2 Å². The number of anilines is 1. The van der Waals surface area contributed by atoms with Gasteiger partial charge in [0.15, 0.2) is 0 Å². The first kappa shape index (κ1) is 28.2. The fourth-order valence-electron chi connectivity index (χ4n) is 3.83. The summed E-state index contributed by atoms with van der Waals surface area (Å²) in [7, 11) is -4.09. The molecule has 1 N–H and O–H groups in total. The van der Waals surface area contributed by atoms with Gasteiger partial charge in [-0.05, 0) is 69.2 Å². The second kappa shape index (κ2) is 12.7. The van der Waals surface area contributed by atoms with Gasteiger partial charge in [0.05, 0.1) is 10.6 Å². The average Bonchev–Trinajstić information content (AvgIpc) is 2.88. The van der Waals surface area contributed by atoms with E-state index in [0.717, 1.165) is 9.87 Å². The van der Waals surface area contributed by atoms with Crippen LogP contribution in [0.3, 0.4) is 0 Å². The Morgan fingerprint density at radius 3 is 2.00 bits per heavy atom. The lowest BCUT2D eigenvalue weighted by atomic mass is 10.1. The third kappa shape index (κ3) is 7.57. The van der Waals surface area contributed by atoms with Crippen molar-refractivity contribution in [3.63, 3.8) is 0 Å². The first-order chi connectivity index (χ1) is 17.6. The number of carbonyl (C=O) groups excluding carboxylic acids is 2. The Bertz CT molecular complexity index is 1280. The summed E-state index contributed by atoms with van der Waals surface area (Å²) >= 11 is 6.03. The van der Waals surface area contributed by atoms with Crippen molar-refractivity contribution in [2.24, 2.45) is 0 Å². The maximum Gasteiger partial charge on any atom is 0.264 e. The van der Waals surface area contributed by atoms with Crippen LogP contribution >= 0.6 is 11.6 Å². The van der Waals surface area contributed by atoms with Crippen molar-refractivity contribution >= 4 is 39.1 Å². The van der Waals surface area contributed by atoms with E-state index >= 15 is 0 Å². The highest BCUT2D eigenvalue weighted by molar-refractivity contribution is 7.92. The van der Waals surface area contributed by atoms with Gasteiger partial charge in [0.1, 0.15) is 12.6 Å². The molecule has 37 heavy (non-hydrogen) atoms. The minimum Gasteiger partial charge on any atom is -0.352 e. The highest BCUT2D eigenvalue weighted by Crippen LogP contribution is 2.25. The number of carbonyl (C=O) groups is 2. The van der Waals surface area contributed by atoms with Gasteiger partial charge in [-0.3, -0.25) is 13.9 Å². The van der Waals surface area contributed by atoms with Gasteiger partial charge in [0, 0.05) is 17.6 Å². The molecule has 0 radical (unpaired) electrons. The van der Waals surface area contributed by atoms with Crippen molar-refractivity contribution in [2.75, 3.05) is 17.4 Å². The van der Waals surface area contributed by atoms with E-state index in [1.807, 2.05) is 44.2 Å². The van der Waals surface area contributed by atoms with Gasteiger partial charge in [-0.1, -0.05) is 60.1 Å². The number of hydrogen-bond acceptors (Lipinski definition) is 4. The highest BCUT2D eigenvalue weighted by Gasteiger charge is 2.32. The summed E-state index contributed by atoms with van der Waals surface area (Å²) in [6.45, 7) is 5.10. The Labute approximate surface area is 224 Å². The van der Waals surface area contributed by atoms with Crippen LogP contribution in [-0.4, -0.2) is 50.3 Å². The van der Waals surface area contributed by atoms with Gasteiger partial charge in [-0.2, -0.15) is 0 Å². The van der Waals surface area contributed by atoms with E-state index in [1.165, 1.54) is 17.0 Å². The van der Waals surface area contributed by atoms with Crippen LogP contribution in [0.1, 0.15) is 26.3 Å². The second-order valence-electron chi connectivity index (χ2n) is 8.96. The Kier molecular flexibility index (Phi) is 9.72. The van der Waals surface area contributed by atoms with E-state index in [4.69, 9.17) is 11.6 Å². The average molecular weight is 542 g/mol. The molecule has 7 nitrogen and oxygen atoms in total. The van der Waals surface area contributed by atoms with Gasteiger partial charge >= 0.3 is 0 Å². The number of amides is 2. The molecule has 0 bridgehead atoms. The molecule has 0 aliphatic rings. The molecule has 0 saturated heterocycles. The molecule has 196 valence electrons. The lowest BCUT2D eigenvalue weighted by molar-refractivity contribution is -0.139. The third-order valence-electron chi connectivity index (χ3n) is 5.81. The van der Waals surface area contributed by atoms with Crippen molar-refractivity contribution in [1.82, 2.24) is 10.2 Å². The fourth-order valence-corrected chi connectivity index (χ4v) is 5.39. The predicted octanol–water partition coefficient (Wildman–Crippen LogP) is 4.52. The van der Waals surface area contributed by atoms with E-state index in [-0.39, 0.29) is 23.4 Å². The van der Waals surface area contributed by atoms with Crippen LogP contribution in [0.4, 0.5) is 5.69 Å². The summed E-state index contributed by atoms with van der Waals surface area (Å²) < 4.78 is 28.4. The first-order valence-corrected chi connectivity index (χ1v) is 13.9. The summed E-state index contributed by atoms with van der Waals surface area (Å²) in [5.74, 6) is -0.794. The SMILES string of the molecule is CC(C)NC(=O)[C@H](C)N(CCc1ccccc1)C(=O)CN(c1ccc(Cl)cc1)S(=O)(=O)c1ccccc1. The van der Waals surface area contributed by atoms with Gasteiger partial charge in [-0.15, -0.1) is 0 Å². The van der Waals surface area contributed by atoms with Crippen molar-refractivity contribution in [3.8, 4) is 0 Å². The van der Waals surface area contributed by atoms with E-state index in [2.05, 4.69) is 5.32 Å². The van der Waals surface area contributed by atoms with Gasteiger partial charge in [-0.25, -0.2) is 8.42 Å². The van der Waals surface area contributed by atoms with Crippen molar-refractivity contribution < 1.29 is 18.0 Å². The Morgan fingerprint density at radius 2 is 1.43 bits per heavy atom. The topological polar surface area (TPSA) is 86.8 Å². The Morgan fingerprint density at radius 1 is 0.865 bits per heavy atom. The quantitative estimate of drug-likeness (QED) is 0.387. The summed E-state index contributed by atoms with van der Waals surface area (Å²) in [6.07, 6.45) is 0.512. The van der Waals surface area contributed by atoms with Crippen LogP contribution in [0.25, 0.3) is 0 Å². The van der Waals surface area contributed by atoms with E-state index in [9.17, 15) is 18.0 Å². The van der Waals surface area contributed by atoms with Crippen molar-refractivity contribution in [1.29, 1.82) is 0 Å². The molecule has 0 unspecified atom stereocenters. The zero-order valence-corrected chi connectivity index (χ0v) is 22.7. The normalized spacial score (nSPS) is 12.1. The number of nitrogens with one attached hydrogen (secondary N) is 1. The van der Waals surface area contributed by atoms with Crippen LogP contribution < -0.4 is 9.62 Å². The number of hydrogen-bond donors (Lipinski definition) is 1. The van der Waals surface area contributed by atoms with E-state index in [1.54, 1.807) is 49.4 Å². The summed E-state index contributed by atoms with van der Waals surface area (Å²) in [5, 5.41) is 3.28. The molecule has 9 heteroatoms. The Balaban J connectivity index is 1.95. The van der Waals surface area contributed by atoms with Crippen LogP contribution in [0.15, 0.2) is 89.8 Å². The summed E-state index contributed by atoms with van der Waals surface area (Å²) in [5.41, 5.74) is 1.30. The summed E-state index contributed by atoms with van der Waals surface area (Å²) in [4.78, 5) is 28.1. The molecular weight excluding hydrogens is 510 g/mol. The standard InChI is InChI=1S/C28H32ClN3O4S/c1-21(2)30-28(34)22(3)31(19-18-23-10-6-4-7-11-23)27(33)20-32(25-16-14-24(29)15-17-25)37(35,36)26-12-8-5-9-13-26/h4-17,21-22H,18-20H2,1-3H3,(H,30,34)/t22-/m0/s1. The van der Waals surface area contributed by atoms with Crippen LogP contribution in [-0.2, 0) is 26.0 Å². The van der Waals surface area contributed by atoms with Crippen LogP contribution in [0, 0.1) is 0 Å². The second-order valence-corrected chi connectivity index (χ2v) is 11.3. The smallest absolute Gasteiger partial charge is 0.264 e. The molecule has 0 heterocycles. The number of benzene rings is 3. The molecular formula is C28H32ClN3O4S. The molecule has 0 aliphatic carbocycles. The maximum absolute atomic E-state index is 13.7. The predicted molar refractivity (Wildman–Crippen MR) is 147 cm³/mol. The van der Waals surface area contributed by atoms with Gasteiger partial charge in [0.25, 0.3) is 10.0 Å². The Hall–Kier alpha value is -3.36. The molecule has 0 aromatic heterocycles. The molecule has 1 atom stereocenters. The van der Waals surface area contributed by atoms with Crippen molar-refractivity contribution in [3.05, 3.63) is 95.5 Å². The fraction of sp³-hybridized carbons (Fsp3) is 0.286. The molecule has 3 rings (SSSR count). The molecule has 0 saturated carbocycles. The molecule has 3 aromatic carbocycles. The number of rotatable bonds is 11. The summed E-state index contributed by atoms with van der Waals surface area (Å²) in [6, 6.07) is 22.9. The van der Waals surface area contributed by atoms with Crippen LogP contribution in [0.5, 0.6) is 0 Å². The van der Waals surface area contributed by atoms with E-state index < -0.39 is 28.5 Å². The zero-order valence-electron chi connectivity index (χ0n) is 21.2. The molecule has 0 spiro atoms. The van der Waals surface area contributed by atoms with Gasteiger partial charge < -0.3 is 10.2 Å². The number of halogens is 1. The zero-order chi connectivity index (χ0) is 27.0.